The predicted octanol–water partition coefficient (Wildman–Crippen LogP) is 14.9. The molecule has 0 atom stereocenters. The Kier molecular flexibility index (Phi) is 8.72. The third kappa shape index (κ3) is 6.08. The molecular weight excluding hydrogens is 763 g/mol. The van der Waals surface area contributed by atoms with Gasteiger partial charge in [0, 0.05) is 22.1 Å². The number of benzene rings is 10. The molecule has 0 fully saturated rings. The molecule has 0 amide bonds. The third-order valence-electron chi connectivity index (χ3n) is 12.8. The molecular formula is C60H39N3. The Morgan fingerprint density at radius 2 is 0.730 bits per heavy atom. The summed E-state index contributed by atoms with van der Waals surface area (Å²) < 4.78 is 0. The Balaban J connectivity index is 0.979. The van der Waals surface area contributed by atoms with E-state index in [-0.39, 0.29) is 0 Å². The number of nitrogens with zero attached hydrogens (tertiary/aromatic N) is 3. The number of hydrogen-bond donors (Lipinski definition) is 0. The Labute approximate surface area is 366 Å². The van der Waals surface area contributed by atoms with E-state index in [4.69, 9.17) is 15.0 Å². The smallest absolute Gasteiger partial charge is 0.164 e. The first-order valence-electron chi connectivity index (χ1n) is 21.5. The van der Waals surface area contributed by atoms with Crippen molar-refractivity contribution in [1.29, 1.82) is 0 Å². The van der Waals surface area contributed by atoms with Gasteiger partial charge in [-0.3, -0.25) is 0 Å². The van der Waals surface area contributed by atoms with E-state index >= 15 is 0 Å². The van der Waals surface area contributed by atoms with E-state index in [2.05, 4.69) is 218 Å². The summed E-state index contributed by atoms with van der Waals surface area (Å²) in [5.74, 6) is 1.92. The lowest BCUT2D eigenvalue weighted by Crippen LogP contribution is -2.28. The van der Waals surface area contributed by atoms with Gasteiger partial charge in [-0.15, -0.1) is 0 Å². The fraction of sp³-hybridized carbons (Fsp3) is 0.0167. The van der Waals surface area contributed by atoms with Gasteiger partial charge in [0.1, 0.15) is 0 Å². The van der Waals surface area contributed by atoms with Crippen molar-refractivity contribution in [3.05, 3.63) is 259 Å². The highest BCUT2D eigenvalue weighted by atomic mass is 15.0. The lowest BCUT2D eigenvalue weighted by molar-refractivity contribution is 0.769. The Bertz CT molecular complexity index is 3450. The van der Waals surface area contributed by atoms with Crippen molar-refractivity contribution in [1.82, 2.24) is 15.0 Å². The molecule has 294 valence electrons. The summed E-state index contributed by atoms with van der Waals surface area (Å²) in [6.07, 6.45) is 0. The van der Waals surface area contributed by atoms with Crippen molar-refractivity contribution in [2.75, 3.05) is 0 Å². The lowest BCUT2D eigenvalue weighted by atomic mass is 9.67. The molecule has 3 heteroatoms. The fourth-order valence-corrected chi connectivity index (χ4v) is 9.92. The van der Waals surface area contributed by atoms with Gasteiger partial charge in [0.05, 0.1) is 5.41 Å². The third-order valence-corrected chi connectivity index (χ3v) is 12.8. The first kappa shape index (κ1) is 36.6. The Morgan fingerprint density at radius 3 is 1.41 bits per heavy atom. The summed E-state index contributed by atoms with van der Waals surface area (Å²) in [4.78, 5) is 15.5. The molecule has 0 aliphatic heterocycles. The first-order chi connectivity index (χ1) is 31.2. The zero-order valence-electron chi connectivity index (χ0n) is 34.4. The molecule has 0 spiro atoms. The van der Waals surface area contributed by atoms with Gasteiger partial charge < -0.3 is 0 Å². The van der Waals surface area contributed by atoms with Gasteiger partial charge in [-0.2, -0.15) is 0 Å². The van der Waals surface area contributed by atoms with Crippen LogP contribution in [-0.4, -0.2) is 15.0 Å². The Morgan fingerprint density at radius 1 is 0.254 bits per heavy atom. The zero-order valence-corrected chi connectivity index (χ0v) is 34.4. The molecule has 0 saturated carbocycles. The summed E-state index contributed by atoms with van der Waals surface area (Å²) in [6, 6.07) is 84.9. The van der Waals surface area contributed by atoms with Crippen molar-refractivity contribution in [3.63, 3.8) is 0 Å². The van der Waals surface area contributed by atoms with Crippen molar-refractivity contribution in [2.45, 2.75) is 5.41 Å². The molecule has 63 heavy (non-hydrogen) atoms. The highest BCUT2D eigenvalue weighted by Crippen LogP contribution is 2.56. The molecule has 10 aromatic carbocycles. The minimum atomic E-state index is -0.451. The normalized spacial score (nSPS) is 12.6. The number of aromatic nitrogens is 3. The van der Waals surface area contributed by atoms with Crippen molar-refractivity contribution >= 4 is 21.5 Å². The molecule has 11 aromatic rings. The van der Waals surface area contributed by atoms with E-state index in [1.165, 1.54) is 44.5 Å². The van der Waals surface area contributed by atoms with E-state index in [0.29, 0.717) is 17.5 Å². The predicted molar refractivity (Wildman–Crippen MR) is 259 cm³/mol. The maximum absolute atomic E-state index is 5.25. The lowest BCUT2D eigenvalue weighted by Gasteiger charge is -2.34. The average molecular weight is 802 g/mol. The monoisotopic (exact) mass is 801 g/mol. The van der Waals surface area contributed by atoms with E-state index in [1.54, 1.807) is 0 Å². The van der Waals surface area contributed by atoms with E-state index in [0.717, 1.165) is 49.4 Å². The van der Waals surface area contributed by atoms with Crippen molar-refractivity contribution < 1.29 is 0 Å². The number of rotatable bonds is 7. The van der Waals surface area contributed by atoms with Gasteiger partial charge in [0.2, 0.25) is 0 Å². The number of fused-ring (bicyclic) bond motifs is 5. The summed E-state index contributed by atoms with van der Waals surface area (Å²) in [6.45, 7) is 0. The molecule has 1 aliphatic carbocycles. The van der Waals surface area contributed by atoms with Crippen molar-refractivity contribution in [3.8, 4) is 67.5 Å². The van der Waals surface area contributed by atoms with Gasteiger partial charge in [-0.05, 0) is 90.0 Å². The van der Waals surface area contributed by atoms with Crippen LogP contribution in [0.4, 0.5) is 0 Å². The van der Waals surface area contributed by atoms with E-state index in [1.807, 2.05) is 18.2 Å². The zero-order chi connectivity index (χ0) is 41.7. The highest BCUT2D eigenvalue weighted by molar-refractivity contribution is 6.05. The van der Waals surface area contributed by atoms with Crippen LogP contribution in [0.15, 0.2) is 237 Å². The molecule has 1 aromatic heterocycles. The van der Waals surface area contributed by atoms with E-state index in [9.17, 15) is 0 Å². The van der Waals surface area contributed by atoms with Gasteiger partial charge >= 0.3 is 0 Å². The van der Waals surface area contributed by atoms with Crippen LogP contribution in [0.2, 0.25) is 0 Å². The standard InChI is InChI=1S/C60H39N3/c1-5-17-40(18-6-1)50-28-15-21-41-22-16-29-53(56(41)50)59-62-57(42-19-7-2-8-20-42)61-58(63-59)47-34-33-43-37-44(31-32-45(43)38-47)46-35-36-52-51-27-13-14-30-54(51)60(55(52)39-46,48-23-9-3-10-24-48)49-25-11-4-12-26-49/h1-39H. The van der Waals surface area contributed by atoms with Crippen LogP contribution < -0.4 is 0 Å². The molecule has 0 saturated heterocycles. The second-order valence-electron chi connectivity index (χ2n) is 16.3. The van der Waals surface area contributed by atoms with Crippen LogP contribution >= 0.6 is 0 Å². The molecule has 0 unspecified atom stereocenters. The van der Waals surface area contributed by atoms with Crippen LogP contribution in [0.25, 0.3) is 89.1 Å². The van der Waals surface area contributed by atoms with Gasteiger partial charge in [-0.1, -0.05) is 218 Å². The van der Waals surface area contributed by atoms with Crippen LogP contribution in [0.3, 0.4) is 0 Å². The summed E-state index contributed by atoms with van der Waals surface area (Å²) in [7, 11) is 0. The molecule has 0 radical (unpaired) electrons. The summed E-state index contributed by atoms with van der Waals surface area (Å²) in [5, 5.41) is 4.52. The molecule has 1 heterocycles. The molecule has 0 bridgehead atoms. The molecule has 3 nitrogen and oxygen atoms in total. The average Bonchev–Trinajstić information content (AvgIpc) is 3.67. The van der Waals surface area contributed by atoms with Gasteiger partial charge in [0.15, 0.2) is 17.5 Å². The SMILES string of the molecule is c1ccc(-c2nc(-c3ccc4cc(-c5ccc6c(c5)C(c5ccccc5)(c5ccccc5)c5ccccc5-6)ccc4c3)nc(-c3cccc4cccc(-c5ccccc5)c34)n2)cc1. The van der Waals surface area contributed by atoms with Crippen LogP contribution in [0.5, 0.6) is 0 Å². The second kappa shape index (κ2) is 15.0. The highest BCUT2D eigenvalue weighted by Gasteiger charge is 2.46. The minimum absolute atomic E-state index is 0.451. The maximum Gasteiger partial charge on any atom is 0.164 e. The Hall–Kier alpha value is -8.27. The molecule has 0 N–H and O–H groups in total. The van der Waals surface area contributed by atoms with E-state index < -0.39 is 5.41 Å². The van der Waals surface area contributed by atoms with Crippen molar-refractivity contribution in [2.24, 2.45) is 0 Å². The quantitative estimate of drug-likeness (QED) is 0.161. The maximum atomic E-state index is 5.25. The van der Waals surface area contributed by atoms with Crippen LogP contribution in [0, 0.1) is 0 Å². The molecule has 12 rings (SSSR count). The van der Waals surface area contributed by atoms with Crippen LogP contribution in [-0.2, 0) is 5.41 Å². The fourth-order valence-electron chi connectivity index (χ4n) is 9.92. The molecule has 1 aliphatic rings. The minimum Gasteiger partial charge on any atom is -0.208 e. The van der Waals surface area contributed by atoms with Gasteiger partial charge in [-0.25, -0.2) is 15.0 Å². The summed E-state index contributed by atoms with van der Waals surface area (Å²) in [5.41, 5.74) is 14.8. The van der Waals surface area contributed by atoms with Crippen LogP contribution in [0.1, 0.15) is 22.3 Å². The largest absolute Gasteiger partial charge is 0.208 e. The topological polar surface area (TPSA) is 38.7 Å². The first-order valence-corrected chi connectivity index (χ1v) is 21.5. The summed E-state index contributed by atoms with van der Waals surface area (Å²) >= 11 is 0. The second-order valence-corrected chi connectivity index (χ2v) is 16.3. The number of hydrogen-bond acceptors (Lipinski definition) is 3. The van der Waals surface area contributed by atoms with Gasteiger partial charge in [0.25, 0.3) is 0 Å².